The zero-order chi connectivity index (χ0) is 73.2. The molecule has 0 amide bonds. The summed E-state index contributed by atoms with van der Waals surface area (Å²) in [4.78, 5) is 72.9. The van der Waals surface area contributed by atoms with Crippen molar-refractivity contribution in [2.75, 3.05) is 39.6 Å². The summed E-state index contributed by atoms with van der Waals surface area (Å²) in [6.07, 6.45) is 76.9. The molecule has 2 unspecified atom stereocenters. The van der Waals surface area contributed by atoms with Crippen molar-refractivity contribution in [3.05, 3.63) is 97.2 Å². The maximum atomic E-state index is 13.1. The third-order valence-electron chi connectivity index (χ3n) is 16.6. The number of rotatable bonds is 74. The van der Waals surface area contributed by atoms with Gasteiger partial charge in [-0.25, -0.2) is 9.13 Å². The summed E-state index contributed by atoms with van der Waals surface area (Å²) < 4.78 is 68.4. The first-order valence-corrected chi connectivity index (χ1v) is 42.5. The van der Waals surface area contributed by atoms with Crippen LogP contribution in [0.2, 0.25) is 0 Å². The van der Waals surface area contributed by atoms with Gasteiger partial charge in [0.1, 0.15) is 19.3 Å². The van der Waals surface area contributed by atoms with E-state index in [9.17, 15) is 43.2 Å². The molecule has 0 radical (unpaired) electrons. The molecule has 0 aromatic carbocycles. The number of aliphatic hydroxyl groups is 1. The van der Waals surface area contributed by atoms with Gasteiger partial charge in [-0.1, -0.05) is 305 Å². The van der Waals surface area contributed by atoms with E-state index in [4.69, 9.17) is 37.0 Å². The number of ether oxygens (including phenoxy) is 4. The SMILES string of the molecule is CCCCC/C=C\C/C=C\C/C=C\C/C=C\CCCC(=O)OC[C@H](COP(=O)(O)OCC(O)COP(=O)(O)OC[C@@H](COC(=O)CCC/C=C\C/C=C\C/C=C\C/C=C\CCCCC)OC(=O)CCCCCCCCCCCCCCC)OC(=O)CCCCCCCCCCCCCCC. The molecule has 0 heterocycles. The van der Waals surface area contributed by atoms with E-state index in [0.29, 0.717) is 38.5 Å². The molecule has 0 rings (SSSR count). The molecule has 578 valence electrons. The van der Waals surface area contributed by atoms with E-state index in [1.165, 1.54) is 141 Å². The van der Waals surface area contributed by atoms with Gasteiger partial charge < -0.3 is 33.8 Å². The molecule has 0 aromatic rings. The highest BCUT2D eigenvalue weighted by Crippen LogP contribution is 2.45. The van der Waals surface area contributed by atoms with Crippen LogP contribution in [0.25, 0.3) is 0 Å². The second-order valence-corrected chi connectivity index (χ2v) is 29.2. The van der Waals surface area contributed by atoms with Crippen molar-refractivity contribution in [2.45, 2.75) is 354 Å². The van der Waals surface area contributed by atoms with Crippen molar-refractivity contribution in [1.82, 2.24) is 0 Å². The quantitative estimate of drug-likeness (QED) is 0.0169. The van der Waals surface area contributed by atoms with Crippen LogP contribution >= 0.6 is 15.6 Å². The van der Waals surface area contributed by atoms with Crippen LogP contribution in [-0.4, -0.2) is 96.7 Å². The fourth-order valence-corrected chi connectivity index (χ4v) is 12.1. The van der Waals surface area contributed by atoms with Gasteiger partial charge in [0.25, 0.3) is 0 Å². The lowest BCUT2D eigenvalue weighted by Gasteiger charge is -2.21. The normalized spacial score (nSPS) is 14.4. The van der Waals surface area contributed by atoms with Gasteiger partial charge >= 0.3 is 39.5 Å². The Bertz CT molecular complexity index is 2120. The molecule has 0 aromatic heterocycles. The van der Waals surface area contributed by atoms with Crippen LogP contribution in [0.4, 0.5) is 0 Å². The Morgan fingerprint density at radius 1 is 0.280 bits per heavy atom. The molecule has 100 heavy (non-hydrogen) atoms. The highest BCUT2D eigenvalue weighted by atomic mass is 31.2. The Morgan fingerprint density at radius 3 is 0.780 bits per heavy atom. The molecule has 0 bridgehead atoms. The number of esters is 4. The molecule has 0 saturated heterocycles. The van der Waals surface area contributed by atoms with Crippen molar-refractivity contribution in [2.24, 2.45) is 0 Å². The summed E-state index contributed by atoms with van der Waals surface area (Å²) in [6.45, 7) is 4.73. The molecule has 0 aliphatic carbocycles. The molecule has 0 aliphatic heterocycles. The van der Waals surface area contributed by atoms with E-state index in [1.807, 2.05) is 24.3 Å². The first-order valence-electron chi connectivity index (χ1n) is 39.5. The average molecular weight is 1450 g/mol. The molecular formula is C81H142O17P2. The number of carbonyl (C=O) groups excluding carboxylic acids is 4. The monoisotopic (exact) mass is 1450 g/mol. The summed E-state index contributed by atoms with van der Waals surface area (Å²) in [5.41, 5.74) is 0. The fourth-order valence-electron chi connectivity index (χ4n) is 10.5. The number of unbranched alkanes of at least 4 members (excludes halogenated alkanes) is 32. The molecule has 19 heteroatoms. The molecule has 3 N–H and O–H groups in total. The molecule has 0 fully saturated rings. The van der Waals surface area contributed by atoms with Crippen LogP contribution < -0.4 is 0 Å². The number of allylic oxidation sites excluding steroid dienone is 16. The van der Waals surface area contributed by atoms with E-state index < -0.39 is 97.5 Å². The van der Waals surface area contributed by atoms with Crippen LogP contribution in [0.5, 0.6) is 0 Å². The van der Waals surface area contributed by atoms with Crippen LogP contribution in [-0.2, 0) is 65.4 Å². The Balaban J connectivity index is 5.41. The molecule has 0 saturated carbocycles. The minimum Gasteiger partial charge on any atom is -0.462 e. The second-order valence-electron chi connectivity index (χ2n) is 26.3. The van der Waals surface area contributed by atoms with E-state index in [1.54, 1.807) is 0 Å². The van der Waals surface area contributed by atoms with Crippen LogP contribution in [0.1, 0.15) is 336 Å². The number of carbonyl (C=O) groups is 4. The van der Waals surface area contributed by atoms with Crippen LogP contribution in [0.3, 0.4) is 0 Å². The number of phosphoric acid groups is 2. The summed E-state index contributed by atoms with van der Waals surface area (Å²) in [5, 5.41) is 10.6. The first kappa shape index (κ1) is 96.0. The van der Waals surface area contributed by atoms with E-state index in [0.717, 1.165) is 103 Å². The van der Waals surface area contributed by atoms with Crippen LogP contribution in [0, 0.1) is 0 Å². The first-order chi connectivity index (χ1) is 48.7. The van der Waals surface area contributed by atoms with Gasteiger partial charge in [-0.05, 0) is 103 Å². The highest BCUT2D eigenvalue weighted by Gasteiger charge is 2.30. The molecular weight excluding hydrogens is 1310 g/mol. The number of hydrogen-bond donors (Lipinski definition) is 3. The maximum absolute atomic E-state index is 13.1. The third-order valence-corrected chi connectivity index (χ3v) is 18.5. The number of hydrogen-bond acceptors (Lipinski definition) is 15. The molecule has 4 atom stereocenters. The predicted molar refractivity (Wildman–Crippen MR) is 409 cm³/mol. The molecule has 0 spiro atoms. The fraction of sp³-hybridized carbons (Fsp3) is 0.753. The van der Waals surface area contributed by atoms with Gasteiger partial charge in [-0.3, -0.25) is 37.3 Å². The van der Waals surface area contributed by atoms with Gasteiger partial charge in [-0.15, -0.1) is 0 Å². The lowest BCUT2D eigenvalue weighted by Crippen LogP contribution is -2.30. The highest BCUT2D eigenvalue weighted by molar-refractivity contribution is 7.47. The largest absolute Gasteiger partial charge is 0.472 e. The van der Waals surface area contributed by atoms with Crippen molar-refractivity contribution in [3.8, 4) is 0 Å². The minimum absolute atomic E-state index is 0.0856. The topological polar surface area (TPSA) is 237 Å². The summed E-state index contributed by atoms with van der Waals surface area (Å²) >= 11 is 0. The van der Waals surface area contributed by atoms with Gasteiger partial charge in [0.15, 0.2) is 12.2 Å². The van der Waals surface area contributed by atoms with Crippen molar-refractivity contribution in [3.63, 3.8) is 0 Å². The number of aliphatic hydroxyl groups excluding tert-OH is 1. The number of phosphoric ester groups is 2. The maximum Gasteiger partial charge on any atom is 0.472 e. The Labute approximate surface area is 607 Å². The Hall–Kier alpha value is -4.02. The van der Waals surface area contributed by atoms with E-state index in [2.05, 4.69) is 101 Å². The smallest absolute Gasteiger partial charge is 0.462 e. The van der Waals surface area contributed by atoms with Gasteiger partial charge in [0.05, 0.1) is 26.4 Å². The Morgan fingerprint density at radius 2 is 0.500 bits per heavy atom. The zero-order valence-corrected chi connectivity index (χ0v) is 64.9. The third kappa shape index (κ3) is 72.3. The van der Waals surface area contributed by atoms with Crippen molar-refractivity contribution < 1.29 is 80.2 Å². The predicted octanol–water partition coefficient (Wildman–Crippen LogP) is 22.8. The standard InChI is InChI=1S/C81H142O17P2/c1-5-9-13-17-21-25-29-33-35-37-39-43-45-49-53-57-61-65-78(83)91-71-76(97-80(85)67-63-59-55-51-47-41-31-27-23-19-15-11-7-3)73-95-99(87,88)93-69-75(82)70-94-100(89,90)96-74-77(98-81(86)68-64-60-56-52-48-42-32-28-24-20-16-12-8-4)72-92-79(84)66-62-58-54-50-46-44-40-38-36-34-30-26-22-18-14-10-6-2/h21-22,25-26,33-36,39-40,43-44,49-50,53-54,75-77,82H,5-20,23-24,27-32,37-38,41-42,45-48,51-52,55-74H2,1-4H3,(H,87,88)(H,89,90)/b25-21-,26-22-,35-33-,36-34-,43-39-,44-40-,53-49-,54-50-/t76-,77-/m1/s1. The van der Waals surface area contributed by atoms with Gasteiger partial charge in [-0.2, -0.15) is 0 Å². The van der Waals surface area contributed by atoms with E-state index in [-0.39, 0.29) is 25.7 Å². The van der Waals surface area contributed by atoms with E-state index >= 15 is 0 Å². The minimum atomic E-state index is -4.99. The van der Waals surface area contributed by atoms with Gasteiger partial charge in [0.2, 0.25) is 0 Å². The van der Waals surface area contributed by atoms with Crippen LogP contribution in [0.15, 0.2) is 97.2 Å². The summed E-state index contributed by atoms with van der Waals surface area (Å²) in [7, 11) is -9.97. The zero-order valence-electron chi connectivity index (χ0n) is 63.1. The summed E-state index contributed by atoms with van der Waals surface area (Å²) in [5.74, 6) is -2.29. The van der Waals surface area contributed by atoms with Crippen molar-refractivity contribution in [1.29, 1.82) is 0 Å². The summed E-state index contributed by atoms with van der Waals surface area (Å²) in [6, 6.07) is 0. The Kier molecular flexibility index (Phi) is 70.4. The lowest BCUT2D eigenvalue weighted by molar-refractivity contribution is -0.161. The lowest BCUT2D eigenvalue weighted by atomic mass is 10.0. The van der Waals surface area contributed by atoms with Gasteiger partial charge in [0, 0.05) is 25.7 Å². The average Bonchev–Trinajstić information content (AvgIpc) is 0.943. The van der Waals surface area contributed by atoms with Crippen molar-refractivity contribution >= 4 is 39.5 Å². The molecule has 17 nitrogen and oxygen atoms in total. The molecule has 0 aliphatic rings. The second kappa shape index (κ2) is 73.3.